The molecular weight excluding hydrogens is 228 g/mol. The molecule has 0 bridgehead atoms. The van der Waals surface area contributed by atoms with E-state index in [1.807, 2.05) is 13.2 Å². The zero-order valence-corrected chi connectivity index (χ0v) is 10.5. The van der Waals surface area contributed by atoms with Crippen LogP contribution in [0.15, 0.2) is 36.7 Å². The van der Waals surface area contributed by atoms with Crippen LogP contribution >= 0.6 is 0 Å². The van der Waals surface area contributed by atoms with Crippen LogP contribution < -0.4 is 5.73 Å². The Morgan fingerprint density at radius 1 is 1.50 bits per heavy atom. The van der Waals surface area contributed by atoms with Gasteiger partial charge in [0.25, 0.3) is 5.91 Å². The summed E-state index contributed by atoms with van der Waals surface area (Å²) in [7, 11) is 3.61. The van der Waals surface area contributed by atoms with Crippen LogP contribution in [0.5, 0.6) is 0 Å². The van der Waals surface area contributed by atoms with E-state index in [4.69, 9.17) is 5.73 Å². The molecule has 0 radical (unpaired) electrons. The normalized spacial score (nSPS) is 10.3. The van der Waals surface area contributed by atoms with Crippen molar-refractivity contribution in [1.29, 1.82) is 0 Å². The number of amides is 1. The number of nitrogen functional groups attached to an aromatic ring is 1. The van der Waals surface area contributed by atoms with E-state index >= 15 is 0 Å². The van der Waals surface area contributed by atoms with Gasteiger partial charge in [0.1, 0.15) is 0 Å². The van der Waals surface area contributed by atoms with E-state index in [2.05, 4.69) is 5.10 Å². The number of aromatic nitrogens is 2. The number of rotatable bonds is 3. The summed E-state index contributed by atoms with van der Waals surface area (Å²) in [6, 6.07) is 6.99. The Labute approximate surface area is 106 Å². The quantitative estimate of drug-likeness (QED) is 0.827. The molecule has 1 aromatic carbocycles. The fourth-order valence-corrected chi connectivity index (χ4v) is 1.79. The number of benzene rings is 1. The lowest BCUT2D eigenvalue weighted by molar-refractivity contribution is 0.0785. The Kier molecular flexibility index (Phi) is 3.32. The van der Waals surface area contributed by atoms with Gasteiger partial charge >= 0.3 is 0 Å². The molecule has 0 atom stereocenters. The summed E-state index contributed by atoms with van der Waals surface area (Å²) >= 11 is 0. The van der Waals surface area contributed by atoms with E-state index in [1.54, 1.807) is 47.1 Å². The number of nitrogens with two attached hydrogens (primary N) is 1. The van der Waals surface area contributed by atoms with E-state index < -0.39 is 0 Å². The Bertz CT molecular complexity index is 562. The monoisotopic (exact) mass is 244 g/mol. The number of hydrogen-bond acceptors (Lipinski definition) is 3. The topological polar surface area (TPSA) is 64.2 Å². The molecular formula is C13H16N4O. The maximum Gasteiger partial charge on any atom is 0.253 e. The average Bonchev–Trinajstić information content (AvgIpc) is 2.73. The third-order valence-electron chi connectivity index (χ3n) is 2.66. The molecule has 0 fully saturated rings. The van der Waals surface area contributed by atoms with Crippen LogP contribution in [0.1, 0.15) is 15.9 Å². The Morgan fingerprint density at radius 3 is 2.89 bits per heavy atom. The maximum atomic E-state index is 12.2. The highest BCUT2D eigenvalue weighted by Gasteiger charge is 2.12. The molecule has 94 valence electrons. The second kappa shape index (κ2) is 4.91. The number of aryl methyl sites for hydroxylation is 1. The summed E-state index contributed by atoms with van der Waals surface area (Å²) in [6.07, 6.45) is 3.65. The largest absolute Gasteiger partial charge is 0.399 e. The highest BCUT2D eigenvalue weighted by atomic mass is 16.2. The smallest absolute Gasteiger partial charge is 0.253 e. The summed E-state index contributed by atoms with van der Waals surface area (Å²) in [5.41, 5.74) is 7.86. The molecule has 1 heterocycles. The molecule has 0 aliphatic carbocycles. The molecule has 5 heteroatoms. The molecule has 2 N–H and O–H groups in total. The lowest BCUT2D eigenvalue weighted by atomic mass is 10.2. The van der Waals surface area contributed by atoms with Crippen molar-refractivity contribution < 1.29 is 4.79 Å². The molecule has 18 heavy (non-hydrogen) atoms. The molecule has 0 saturated heterocycles. The Balaban J connectivity index is 2.09. The molecule has 0 aliphatic heterocycles. The van der Waals surface area contributed by atoms with Crippen LogP contribution in [0, 0.1) is 0 Å². The van der Waals surface area contributed by atoms with E-state index in [0.29, 0.717) is 17.8 Å². The molecule has 0 saturated carbocycles. The fraction of sp³-hybridized carbons (Fsp3) is 0.231. The van der Waals surface area contributed by atoms with Crippen molar-refractivity contribution in [2.45, 2.75) is 6.54 Å². The summed E-state index contributed by atoms with van der Waals surface area (Å²) in [5.74, 6) is -0.0499. The number of nitrogens with zero attached hydrogens (tertiary/aromatic N) is 3. The van der Waals surface area contributed by atoms with Gasteiger partial charge in [-0.05, 0) is 18.2 Å². The Morgan fingerprint density at radius 2 is 2.28 bits per heavy atom. The van der Waals surface area contributed by atoms with Crippen molar-refractivity contribution in [3.63, 3.8) is 0 Å². The van der Waals surface area contributed by atoms with Gasteiger partial charge in [0, 0.05) is 43.7 Å². The van der Waals surface area contributed by atoms with Crippen molar-refractivity contribution in [3.8, 4) is 0 Å². The first-order valence-electron chi connectivity index (χ1n) is 5.65. The average molecular weight is 244 g/mol. The fourth-order valence-electron chi connectivity index (χ4n) is 1.79. The van der Waals surface area contributed by atoms with E-state index in [9.17, 15) is 4.79 Å². The number of hydrogen-bond donors (Lipinski definition) is 1. The van der Waals surface area contributed by atoms with Gasteiger partial charge in [0.05, 0.1) is 6.20 Å². The molecule has 0 unspecified atom stereocenters. The second-order valence-electron chi connectivity index (χ2n) is 4.31. The summed E-state index contributed by atoms with van der Waals surface area (Å²) in [4.78, 5) is 13.8. The van der Waals surface area contributed by atoms with Crippen LogP contribution in [0.25, 0.3) is 0 Å². The molecule has 2 aromatic rings. The first kappa shape index (κ1) is 12.2. The van der Waals surface area contributed by atoms with Gasteiger partial charge in [-0.3, -0.25) is 9.48 Å². The van der Waals surface area contributed by atoms with Crippen LogP contribution in [-0.4, -0.2) is 27.6 Å². The molecule has 0 aliphatic rings. The zero-order valence-electron chi connectivity index (χ0n) is 10.5. The van der Waals surface area contributed by atoms with Crippen molar-refractivity contribution in [3.05, 3.63) is 47.8 Å². The minimum absolute atomic E-state index is 0.0499. The van der Waals surface area contributed by atoms with Gasteiger partial charge in [-0.15, -0.1) is 0 Å². The second-order valence-corrected chi connectivity index (χ2v) is 4.31. The third-order valence-corrected chi connectivity index (χ3v) is 2.66. The molecule has 0 spiro atoms. The standard InChI is InChI=1S/C13H16N4O/c1-16(8-10-7-15-17(2)9-10)13(18)11-4-3-5-12(14)6-11/h3-7,9H,8,14H2,1-2H3. The third kappa shape index (κ3) is 2.68. The minimum Gasteiger partial charge on any atom is -0.399 e. The van der Waals surface area contributed by atoms with Crippen molar-refractivity contribution in [2.24, 2.45) is 7.05 Å². The van der Waals surface area contributed by atoms with Gasteiger partial charge in [0.15, 0.2) is 0 Å². The molecule has 2 rings (SSSR count). The molecule has 5 nitrogen and oxygen atoms in total. The number of anilines is 1. The van der Waals surface area contributed by atoms with Crippen molar-refractivity contribution in [1.82, 2.24) is 14.7 Å². The van der Waals surface area contributed by atoms with Crippen LogP contribution in [0.4, 0.5) is 5.69 Å². The Hall–Kier alpha value is -2.30. The van der Waals surface area contributed by atoms with Gasteiger partial charge in [-0.1, -0.05) is 6.07 Å². The maximum absolute atomic E-state index is 12.2. The van der Waals surface area contributed by atoms with Gasteiger partial charge in [-0.25, -0.2) is 0 Å². The highest BCUT2D eigenvalue weighted by molar-refractivity contribution is 5.94. The van der Waals surface area contributed by atoms with E-state index in [1.165, 1.54) is 0 Å². The molecule has 1 amide bonds. The lowest BCUT2D eigenvalue weighted by Gasteiger charge is -2.16. The van der Waals surface area contributed by atoms with Gasteiger partial charge < -0.3 is 10.6 Å². The predicted octanol–water partition coefficient (Wildman–Crippen LogP) is 1.27. The summed E-state index contributed by atoms with van der Waals surface area (Å²) < 4.78 is 1.72. The first-order valence-corrected chi connectivity index (χ1v) is 5.65. The van der Waals surface area contributed by atoms with Crippen LogP contribution in [-0.2, 0) is 13.6 Å². The van der Waals surface area contributed by atoms with Crippen LogP contribution in [0.3, 0.4) is 0 Å². The van der Waals surface area contributed by atoms with Crippen molar-refractivity contribution >= 4 is 11.6 Å². The lowest BCUT2D eigenvalue weighted by Crippen LogP contribution is -2.26. The summed E-state index contributed by atoms with van der Waals surface area (Å²) in [6.45, 7) is 0.529. The van der Waals surface area contributed by atoms with E-state index in [0.717, 1.165) is 5.56 Å². The minimum atomic E-state index is -0.0499. The SMILES string of the molecule is CN(Cc1cnn(C)c1)C(=O)c1cccc(N)c1. The predicted molar refractivity (Wildman–Crippen MR) is 69.9 cm³/mol. The van der Waals surface area contributed by atoms with Crippen molar-refractivity contribution in [2.75, 3.05) is 12.8 Å². The molecule has 1 aromatic heterocycles. The number of carbonyl (C=O) groups excluding carboxylic acids is 1. The summed E-state index contributed by atoms with van der Waals surface area (Å²) in [5, 5.41) is 4.07. The van der Waals surface area contributed by atoms with E-state index in [-0.39, 0.29) is 5.91 Å². The zero-order chi connectivity index (χ0) is 13.1. The first-order chi connectivity index (χ1) is 8.56. The highest BCUT2D eigenvalue weighted by Crippen LogP contribution is 2.11. The van der Waals surface area contributed by atoms with Crippen LogP contribution in [0.2, 0.25) is 0 Å². The van der Waals surface area contributed by atoms with Gasteiger partial charge in [0.2, 0.25) is 0 Å². The van der Waals surface area contributed by atoms with Gasteiger partial charge in [-0.2, -0.15) is 5.10 Å². The number of carbonyl (C=O) groups is 1.